The molecule has 1 fully saturated rings. The zero-order valence-electron chi connectivity index (χ0n) is 23.3. The van der Waals surface area contributed by atoms with Gasteiger partial charge in [0, 0.05) is 29.7 Å². The molecule has 3 N–H and O–H groups in total. The number of halogens is 4. The van der Waals surface area contributed by atoms with E-state index in [0.717, 1.165) is 22.3 Å². The van der Waals surface area contributed by atoms with Crippen LogP contribution in [0.5, 0.6) is 0 Å². The second kappa shape index (κ2) is 14.9. The summed E-state index contributed by atoms with van der Waals surface area (Å²) in [6, 6.07) is 15.4. The summed E-state index contributed by atoms with van der Waals surface area (Å²) in [7, 11) is 0. The van der Waals surface area contributed by atoms with E-state index in [9.17, 15) is 32.7 Å². The Morgan fingerprint density at radius 2 is 1.75 bits per heavy atom. The van der Waals surface area contributed by atoms with Gasteiger partial charge in [-0.2, -0.15) is 13.2 Å². The fourth-order valence-electron chi connectivity index (χ4n) is 4.40. The topological polar surface area (TPSA) is 134 Å². The van der Waals surface area contributed by atoms with Crippen molar-refractivity contribution in [3.63, 3.8) is 0 Å². The molecule has 14 heteroatoms. The van der Waals surface area contributed by atoms with Crippen LogP contribution in [-0.4, -0.2) is 58.6 Å². The lowest BCUT2D eigenvalue weighted by Gasteiger charge is -2.31. The molecule has 0 unspecified atom stereocenters. The van der Waals surface area contributed by atoms with Gasteiger partial charge in [0.15, 0.2) is 6.04 Å². The Morgan fingerprint density at radius 3 is 2.39 bits per heavy atom. The highest BCUT2D eigenvalue weighted by molar-refractivity contribution is 9.10. The molecule has 3 aromatic rings. The lowest BCUT2D eigenvalue weighted by Crippen LogP contribution is -2.48. The monoisotopic (exact) mass is 675 g/mol. The van der Waals surface area contributed by atoms with E-state index in [-0.39, 0.29) is 50.8 Å². The van der Waals surface area contributed by atoms with Gasteiger partial charge in [-0.15, -0.1) is 0 Å². The number of carbonyl (C=O) groups excluding carboxylic acids is 2. The van der Waals surface area contributed by atoms with Crippen LogP contribution in [0.1, 0.15) is 29.7 Å². The summed E-state index contributed by atoms with van der Waals surface area (Å²) >= 11 is 3.34. The number of hydrogen-bond acceptors (Lipinski definition) is 7. The van der Waals surface area contributed by atoms with E-state index >= 15 is 0 Å². The number of benzene rings is 2. The number of nitrogens with zero attached hydrogens (tertiary/aromatic N) is 3. The maximum Gasteiger partial charge on any atom is 0.433 e. The summed E-state index contributed by atoms with van der Waals surface area (Å²) < 4.78 is 45.6. The third kappa shape index (κ3) is 9.35. The lowest BCUT2D eigenvalue weighted by atomic mass is 9.96. The minimum absolute atomic E-state index is 0.0805. The zero-order valence-corrected chi connectivity index (χ0v) is 24.8. The van der Waals surface area contributed by atoms with Gasteiger partial charge in [0.05, 0.1) is 13.2 Å². The number of rotatable bonds is 11. The number of carboxylic acids is 1. The second-order valence-electron chi connectivity index (χ2n) is 9.96. The van der Waals surface area contributed by atoms with Crippen molar-refractivity contribution < 1.29 is 37.4 Å². The van der Waals surface area contributed by atoms with E-state index in [4.69, 9.17) is 4.74 Å². The summed E-state index contributed by atoms with van der Waals surface area (Å²) in [5, 5.41) is 14.7. The molecule has 2 heterocycles. The normalized spacial score (nSPS) is 15.0. The molecular formula is C30H29BrF3N5O5. The van der Waals surface area contributed by atoms with E-state index in [1.54, 1.807) is 29.2 Å². The SMILES string of the molecule is O=C(N[C@H](COCc1ccccc1)C(=O)O)/C(=C\c1ccc(Br)cc1)NC(=O)C1CCN(c2nccc(C(F)(F)F)n2)CC1. The van der Waals surface area contributed by atoms with Crippen LogP contribution in [0.25, 0.3) is 6.08 Å². The predicted octanol–water partition coefficient (Wildman–Crippen LogP) is 4.42. The first-order valence-corrected chi connectivity index (χ1v) is 14.4. The number of alkyl halides is 3. The number of ether oxygens (including phenoxy) is 1. The molecule has 1 atom stereocenters. The van der Waals surface area contributed by atoms with Crippen molar-refractivity contribution in [2.24, 2.45) is 5.92 Å². The molecule has 4 rings (SSSR count). The molecule has 0 saturated carbocycles. The number of amides is 2. The number of carboxylic acid groups (broad SMARTS) is 1. The van der Waals surface area contributed by atoms with E-state index < -0.39 is 41.6 Å². The first-order valence-electron chi connectivity index (χ1n) is 13.6. The van der Waals surface area contributed by atoms with Crippen molar-refractivity contribution in [2.75, 3.05) is 24.6 Å². The van der Waals surface area contributed by atoms with Crippen molar-refractivity contribution >= 4 is 45.7 Å². The molecule has 1 aromatic heterocycles. The Labute approximate surface area is 259 Å². The quantitative estimate of drug-likeness (QED) is 0.255. The van der Waals surface area contributed by atoms with Crippen molar-refractivity contribution in [2.45, 2.75) is 31.7 Å². The van der Waals surface area contributed by atoms with Gasteiger partial charge in [0.25, 0.3) is 5.91 Å². The summed E-state index contributed by atoms with van der Waals surface area (Å²) in [5.74, 6) is -3.28. The lowest BCUT2D eigenvalue weighted by molar-refractivity contribution is -0.143. The molecule has 0 bridgehead atoms. The minimum atomic E-state index is -4.61. The Bertz CT molecular complexity index is 1480. The number of carbonyl (C=O) groups is 3. The smallest absolute Gasteiger partial charge is 0.433 e. The number of hydrogen-bond donors (Lipinski definition) is 3. The van der Waals surface area contributed by atoms with Crippen LogP contribution in [0.15, 0.2) is 77.0 Å². The number of aromatic nitrogens is 2. The molecule has 2 amide bonds. The van der Waals surface area contributed by atoms with Crippen molar-refractivity contribution in [1.29, 1.82) is 0 Å². The van der Waals surface area contributed by atoms with Crippen molar-refractivity contribution in [3.05, 3.63) is 93.9 Å². The molecule has 0 radical (unpaired) electrons. The van der Waals surface area contributed by atoms with Crippen molar-refractivity contribution in [3.8, 4) is 0 Å². The minimum Gasteiger partial charge on any atom is -0.480 e. The van der Waals surface area contributed by atoms with Gasteiger partial charge in [0.2, 0.25) is 11.9 Å². The molecule has 1 aliphatic rings. The van der Waals surface area contributed by atoms with Crippen LogP contribution in [0.4, 0.5) is 19.1 Å². The molecule has 44 heavy (non-hydrogen) atoms. The van der Waals surface area contributed by atoms with Gasteiger partial charge in [0.1, 0.15) is 11.4 Å². The number of anilines is 1. The average molecular weight is 676 g/mol. The third-order valence-corrected chi connectivity index (χ3v) is 7.29. The van der Waals surface area contributed by atoms with Crippen LogP contribution < -0.4 is 15.5 Å². The van der Waals surface area contributed by atoms with Gasteiger partial charge < -0.3 is 25.4 Å². The van der Waals surface area contributed by atoms with Crippen LogP contribution >= 0.6 is 15.9 Å². The summed E-state index contributed by atoms with van der Waals surface area (Å²) in [6.45, 7) is 0.267. The van der Waals surface area contributed by atoms with Gasteiger partial charge in [-0.05, 0) is 48.2 Å². The van der Waals surface area contributed by atoms with Crippen LogP contribution in [0.2, 0.25) is 0 Å². The molecule has 232 valence electrons. The number of piperidine rings is 1. The maximum absolute atomic E-state index is 13.3. The molecule has 0 spiro atoms. The molecule has 1 aliphatic heterocycles. The highest BCUT2D eigenvalue weighted by atomic mass is 79.9. The van der Waals surface area contributed by atoms with E-state index in [1.807, 2.05) is 30.3 Å². The fourth-order valence-corrected chi connectivity index (χ4v) is 4.66. The zero-order chi connectivity index (χ0) is 31.7. The van der Waals surface area contributed by atoms with Crippen LogP contribution in [0, 0.1) is 5.92 Å². The molecule has 10 nitrogen and oxygen atoms in total. The molecular weight excluding hydrogens is 647 g/mol. The Morgan fingerprint density at radius 1 is 1.07 bits per heavy atom. The van der Waals surface area contributed by atoms with Crippen LogP contribution in [0.3, 0.4) is 0 Å². The molecule has 2 aromatic carbocycles. The summed E-state index contributed by atoms with van der Waals surface area (Å²) in [5.41, 5.74) is 0.176. The molecule has 1 saturated heterocycles. The average Bonchev–Trinajstić information content (AvgIpc) is 3.01. The van der Waals surface area contributed by atoms with Gasteiger partial charge in [-0.3, -0.25) is 9.59 Å². The predicted molar refractivity (Wildman–Crippen MR) is 158 cm³/mol. The van der Waals surface area contributed by atoms with E-state index in [2.05, 4.69) is 36.5 Å². The largest absolute Gasteiger partial charge is 0.480 e. The van der Waals surface area contributed by atoms with Crippen LogP contribution in [-0.2, 0) is 31.9 Å². The maximum atomic E-state index is 13.3. The number of aliphatic carboxylic acids is 1. The van der Waals surface area contributed by atoms with E-state index in [0.29, 0.717) is 5.56 Å². The van der Waals surface area contributed by atoms with Gasteiger partial charge in [-0.1, -0.05) is 58.4 Å². The molecule has 0 aliphatic carbocycles. The second-order valence-corrected chi connectivity index (χ2v) is 10.9. The highest BCUT2D eigenvalue weighted by Gasteiger charge is 2.34. The standard InChI is InChI=1S/C30H29BrF3N5O5/c31-22-8-6-19(7-9-22)16-23(27(41)37-24(28(42)43)18-44-17-20-4-2-1-3-5-20)36-26(40)21-11-14-39(15-12-21)29-35-13-10-25(38-29)30(32,33)34/h1-10,13,16,21,24H,11-12,14-15,17-18H2,(H,36,40)(H,37,41)(H,42,43)/b23-16+/t24-/m1/s1. The Hall–Kier alpha value is -4.30. The highest BCUT2D eigenvalue weighted by Crippen LogP contribution is 2.29. The van der Waals surface area contributed by atoms with E-state index in [1.165, 1.54) is 6.08 Å². The summed E-state index contributed by atoms with van der Waals surface area (Å²) in [4.78, 5) is 47.6. The first-order chi connectivity index (χ1) is 21.0. The Kier molecular flexibility index (Phi) is 11.1. The summed E-state index contributed by atoms with van der Waals surface area (Å²) in [6.07, 6.45) is -1.61. The van der Waals surface area contributed by atoms with Gasteiger partial charge >= 0.3 is 12.1 Å². The van der Waals surface area contributed by atoms with Crippen molar-refractivity contribution in [1.82, 2.24) is 20.6 Å². The number of nitrogens with one attached hydrogen (secondary N) is 2. The first kappa shape index (κ1) is 32.6. The Balaban J connectivity index is 1.42. The van der Waals surface area contributed by atoms with Gasteiger partial charge in [-0.25, -0.2) is 14.8 Å². The fraction of sp³-hybridized carbons (Fsp3) is 0.300. The third-order valence-electron chi connectivity index (χ3n) is 6.76.